The summed E-state index contributed by atoms with van der Waals surface area (Å²) in [6.07, 6.45) is 1.08. The number of halogens is 2. The van der Waals surface area contributed by atoms with Gasteiger partial charge in [0, 0.05) is 12.2 Å². The van der Waals surface area contributed by atoms with Gasteiger partial charge in [-0.2, -0.15) is 8.78 Å². The molecule has 0 radical (unpaired) electrons. The van der Waals surface area contributed by atoms with Crippen molar-refractivity contribution in [2.24, 2.45) is 5.41 Å². The van der Waals surface area contributed by atoms with Crippen molar-refractivity contribution >= 4 is 5.69 Å². The molecule has 0 heterocycles. The molecule has 1 N–H and O–H groups in total. The number of ether oxygens (including phenoxy) is 1. The van der Waals surface area contributed by atoms with Crippen molar-refractivity contribution in [2.45, 2.75) is 33.8 Å². The lowest BCUT2D eigenvalue weighted by Crippen LogP contribution is -2.21. The van der Waals surface area contributed by atoms with Gasteiger partial charge in [0.1, 0.15) is 5.75 Å². The van der Waals surface area contributed by atoms with Gasteiger partial charge < -0.3 is 10.1 Å². The summed E-state index contributed by atoms with van der Waals surface area (Å²) in [6, 6.07) is 6.55. The topological polar surface area (TPSA) is 21.3 Å². The third-order valence-corrected chi connectivity index (χ3v) is 2.81. The molecule has 17 heavy (non-hydrogen) atoms. The van der Waals surface area contributed by atoms with Gasteiger partial charge in [-0.15, -0.1) is 0 Å². The standard InChI is InChI=1S/C13H19F2NO/c1-4-13(2,3)9-16-10-5-7-11(8-6-10)17-12(14)15/h5-8,12,16H,4,9H2,1-3H3. The highest BCUT2D eigenvalue weighted by atomic mass is 19.3. The molecular formula is C13H19F2NO. The van der Waals surface area contributed by atoms with E-state index in [0.717, 1.165) is 18.7 Å². The predicted molar refractivity (Wildman–Crippen MR) is 65.6 cm³/mol. The number of benzene rings is 1. The van der Waals surface area contributed by atoms with E-state index in [1.807, 2.05) is 0 Å². The van der Waals surface area contributed by atoms with Crippen molar-refractivity contribution in [2.75, 3.05) is 11.9 Å². The Morgan fingerprint density at radius 2 is 1.82 bits per heavy atom. The Balaban J connectivity index is 2.51. The summed E-state index contributed by atoms with van der Waals surface area (Å²) in [4.78, 5) is 0. The molecule has 0 spiro atoms. The van der Waals surface area contributed by atoms with Crippen LogP contribution < -0.4 is 10.1 Å². The van der Waals surface area contributed by atoms with E-state index in [9.17, 15) is 8.78 Å². The van der Waals surface area contributed by atoms with Crippen LogP contribution in [0, 0.1) is 5.41 Å². The van der Waals surface area contributed by atoms with Crippen LogP contribution in [0.25, 0.3) is 0 Å². The molecule has 0 atom stereocenters. The number of nitrogens with one attached hydrogen (secondary N) is 1. The summed E-state index contributed by atoms with van der Waals surface area (Å²) in [5.41, 5.74) is 1.13. The smallest absolute Gasteiger partial charge is 0.387 e. The Morgan fingerprint density at radius 3 is 2.29 bits per heavy atom. The molecule has 0 amide bonds. The molecule has 96 valence electrons. The third kappa shape index (κ3) is 5.02. The van der Waals surface area contributed by atoms with Gasteiger partial charge in [0.05, 0.1) is 0 Å². The van der Waals surface area contributed by atoms with E-state index in [1.54, 1.807) is 12.1 Å². The maximum absolute atomic E-state index is 11.9. The normalized spacial score (nSPS) is 11.6. The van der Waals surface area contributed by atoms with Crippen LogP contribution in [-0.2, 0) is 0 Å². The largest absolute Gasteiger partial charge is 0.435 e. The van der Waals surface area contributed by atoms with Gasteiger partial charge in [0.15, 0.2) is 0 Å². The van der Waals surface area contributed by atoms with Gasteiger partial charge in [-0.3, -0.25) is 0 Å². The molecule has 1 aromatic rings. The van der Waals surface area contributed by atoms with Gasteiger partial charge in [0.2, 0.25) is 0 Å². The molecule has 0 fully saturated rings. The van der Waals surface area contributed by atoms with Crippen LogP contribution >= 0.6 is 0 Å². The summed E-state index contributed by atoms with van der Waals surface area (Å²) < 4.78 is 28.1. The van der Waals surface area contributed by atoms with E-state index >= 15 is 0 Å². The minimum atomic E-state index is -2.77. The lowest BCUT2D eigenvalue weighted by molar-refractivity contribution is -0.0498. The quantitative estimate of drug-likeness (QED) is 0.810. The van der Waals surface area contributed by atoms with Crippen LogP contribution in [0.5, 0.6) is 5.75 Å². The van der Waals surface area contributed by atoms with Crippen LogP contribution in [0.3, 0.4) is 0 Å². The first kappa shape index (κ1) is 13.7. The molecule has 0 unspecified atom stereocenters. The van der Waals surface area contributed by atoms with Crippen LogP contribution in [0.15, 0.2) is 24.3 Å². The monoisotopic (exact) mass is 243 g/mol. The number of alkyl halides is 2. The molecule has 2 nitrogen and oxygen atoms in total. The zero-order valence-electron chi connectivity index (χ0n) is 10.5. The summed E-state index contributed by atoms with van der Waals surface area (Å²) in [5.74, 6) is 0.181. The van der Waals surface area contributed by atoms with Gasteiger partial charge in [-0.05, 0) is 36.1 Å². The first-order valence-electron chi connectivity index (χ1n) is 5.72. The van der Waals surface area contributed by atoms with Gasteiger partial charge >= 0.3 is 6.61 Å². The zero-order valence-corrected chi connectivity index (χ0v) is 10.5. The molecule has 0 aliphatic heterocycles. The molecule has 0 aliphatic rings. The second-order valence-corrected chi connectivity index (χ2v) is 4.77. The fourth-order valence-electron chi connectivity index (χ4n) is 1.22. The van der Waals surface area contributed by atoms with E-state index in [-0.39, 0.29) is 11.2 Å². The number of hydrogen-bond donors (Lipinski definition) is 1. The summed E-state index contributed by atoms with van der Waals surface area (Å²) in [5, 5.41) is 3.27. The number of hydrogen-bond acceptors (Lipinski definition) is 2. The van der Waals surface area contributed by atoms with Crippen LogP contribution in [0.4, 0.5) is 14.5 Å². The van der Waals surface area contributed by atoms with Crippen molar-refractivity contribution in [3.05, 3.63) is 24.3 Å². The third-order valence-electron chi connectivity index (χ3n) is 2.81. The number of anilines is 1. The fraction of sp³-hybridized carbons (Fsp3) is 0.538. The minimum Gasteiger partial charge on any atom is -0.435 e. The summed E-state index contributed by atoms with van der Waals surface area (Å²) in [6.45, 7) is 4.57. The average Bonchev–Trinajstić information content (AvgIpc) is 2.28. The molecule has 1 rings (SSSR count). The van der Waals surface area contributed by atoms with Crippen LogP contribution in [-0.4, -0.2) is 13.2 Å². The maximum Gasteiger partial charge on any atom is 0.387 e. The highest BCUT2D eigenvalue weighted by molar-refractivity contribution is 5.46. The maximum atomic E-state index is 11.9. The van der Waals surface area contributed by atoms with Crippen molar-refractivity contribution in [3.8, 4) is 5.75 Å². The molecule has 1 aromatic carbocycles. The van der Waals surface area contributed by atoms with Crippen LogP contribution in [0.2, 0.25) is 0 Å². The van der Waals surface area contributed by atoms with Gasteiger partial charge in [-0.25, -0.2) is 0 Å². The van der Waals surface area contributed by atoms with E-state index < -0.39 is 6.61 Å². The Hall–Kier alpha value is -1.32. The molecular weight excluding hydrogens is 224 g/mol. The Labute approximate surface area is 101 Å². The zero-order chi connectivity index (χ0) is 12.9. The lowest BCUT2D eigenvalue weighted by atomic mass is 9.90. The average molecular weight is 243 g/mol. The van der Waals surface area contributed by atoms with Crippen molar-refractivity contribution in [1.29, 1.82) is 0 Å². The Morgan fingerprint density at radius 1 is 1.24 bits per heavy atom. The van der Waals surface area contributed by atoms with E-state index in [2.05, 4.69) is 30.8 Å². The molecule has 0 aliphatic carbocycles. The highest BCUT2D eigenvalue weighted by Gasteiger charge is 2.14. The lowest BCUT2D eigenvalue weighted by Gasteiger charge is -2.23. The molecule has 0 saturated heterocycles. The second kappa shape index (κ2) is 5.84. The fourth-order valence-corrected chi connectivity index (χ4v) is 1.22. The Kier molecular flexibility index (Phi) is 4.73. The second-order valence-electron chi connectivity index (χ2n) is 4.77. The van der Waals surface area contributed by atoms with Crippen molar-refractivity contribution in [1.82, 2.24) is 0 Å². The molecule has 0 aromatic heterocycles. The SMILES string of the molecule is CCC(C)(C)CNc1ccc(OC(F)F)cc1. The van der Waals surface area contributed by atoms with Crippen molar-refractivity contribution in [3.63, 3.8) is 0 Å². The van der Waals surface area contributed by atoms with E-state index in [1.165, 1.54) is 12.1 Å². The molecule has 0 bridgehead atoms. The minimum absolute atomic E-state index is 0.181. The van der Waals surface area contributed by atoms with E-state index in [0.29, 0.717) is 0 Å². The molecule has 0 saturated carbocycles. The Bertz CT molecular complexity index is 336. The van der Waals surface area contributed by atoms with Crippen LogP contribution in [0.1, 0.15) is 27.2 Å². The molecule has 4 heteroatoms. The van der Waals surface area contributed by atoms with E-state index in [4.69, 9.17) is 0 Å². The highest BCUT2D eigenvalue weighted by Crippen LogP contribution is 2.22. The van der Waals surface area contributed by atoms with Crippen molar-refractivity contribution < 1.29 is 13.5 Å². The number of rotatable bonds is 6. The summed E-state index contributed by atoms with van der Waals surface area (Å²) >= 11 is 0. The summed E-state index contributed by atoms with van der Waals surface area (Å²) in [7, 11) is 0. The van der Waals surface area contributed by atoms with Gasteiger partial charge in [-0.1, -0.05) is 20.8 Å². The van der Waals surface area contributed by atoms with Gasteiger partial charge in [0.25, 0.3) is 0 Å². The first-order valence-corrected chi connectivity index (χ1v) is 5.72. The first-order chi connectivity index (χ1) is 7.93. The predicted octanol–water partition coefficient (Wildman–Crippen LogP) is 4.14.